The molecule has 2 N–H and O–H groups in total. The summed E-state index contributed by atoms with van der Waals surface area (Å²) in [6.07, 6.45) is 6.75. The molecule has 0 bridgehead atoms. The predicted octanol–water partition coefficient (Wildman–Crippen LogP) is 4.32. The van der Waals surface area contributed by atoms with Gasteiger partial charge < -0.3 is 29.6 Å². The van der Waals surface area contributed by atoms with E-state index in [1.54, 1.807) is 20.8 Å². The quantitative estimate of drug-likeness (QED) is 0.253. The van der Waals surface area contributed by atoms with Crippen molar-refractivity contribution in [3.05, 3.63) is 57.0 Å². The zero-order valence-corrected chi connectivity index (χ0v) is 25.1. The summed E-state index contributed by atoms with van der Waals surface area (Å²) < 4.78 is 22.4. The van der Waals surface area contributed by atoms with Crippen LogP contribution in [0.5, 0.6) is 0 Å². The molecule has 0 aromatic rings. The van der Waals surface area contributed by atoms with E-state index in [2.05, 4.69) is 38.3 Å². The summed E-state index contributed by atoms with van der Waals surface area (Å²) in [5.74, 6) is -2.39. The predicted molar refractivity (Wildman–Crippen MR) is 152 cm³/mol. The van der Waals surface area contributed by atoms with Crippen LogP contribution in [0.25, 0.3) is 0 Å². The summed E-state index contributed by atoms with van der Waals surface area (Å²) in [7, 11) is 1.29. The minimum atomic E-state index is -2.20. The molecule has 0 aliphatic heterocycles. The van der Waals surface area contributed by atoms with E-state index in [1.807, 2.05) is 12.2 Å². The zero-order valence-electron chi connectivity index (χ0n) is 25.1. The van der Waals surface area contributed by atoms with E-state index >= 15 is 0 Å². The highest BCUT2D eigenvalue weighted by molar-refractivity contribution is 6.14. The van der Waals surface area contributed by atoms with Crippen molar-refractivity contribution in [2.45, 2.75) is 91.8 Å². The van der Waals surface area contributed by atoms with Crippen LogP contribution < -0.4 is 10.6 Å². The van der Waals surface area contributed by atoms with Crippen LogP contribution >= 0.6 is 0 Å². The number of hydrogen-bond donors (Lipinski definition) is 2. The van der Waals surface area contributed by atoms with Crippen LogP contribution in [0.3, 0.4) is 0 Å². The van der Waals surface area contributed by atoms with Gasteiger partial charge in [0.15, 0.2) is 0 Å². The molecule has 0 aromatic heterocycles. The van der Waals surface area contributed by atoms with Gasteiger partial charge in [-0.15, -0.1) is 0 Å². The Hall–Kier alpha value is -3.33. The standard InChI is InChI=1S/C31H44N2O7/c1-9-18(6)32-21-14-20-15-22(33-19(7)10-2)17-24-25(20)23(16-21)26(28(34)38-11-3)31(37-8,30(36)40-13-5)27(24)29(35)39-12-4/h16-19,32-33H,9-15H2,1-8H3. The molecule has 0 amide bonds. The van der Waals surface area contributed by atoms with Gasteiger partial charge in [-0.2, -0.15) is 0 Å². The molecule has 0 fully saturated rings. The Bertz CT molecular complexity index is 1110. The fraction of sp³-hybridized carbons (Fsp3) is 0.581. The Morgan fingerprint density at radius 1 is 0.775 bits per heavy atom. The fourth-order valence-electron chi connectivity index (χ4n) is 5.38. The lowest BCUT2D eigenvalue weighted by molar-refractivity contribution is -0.167. The minimum absolute atomic E-state index is 0.0160. The lowest BCUT2D eigenvalue weighted by Crippen LogP contribution is -2.54. The van der Waals surface area contributed by atoms with Gasteiger partial charge in [0.05, 0.1) is 31.0 Å². The number of nitrogens with one attached hydrogen (secondary N) is 2. The van der Waals surface area contributed by atoms with E-state index in [1.165, 1.54) is 7.11 Å². The summed E-state index contributed by atoms with van der Waals surface area (Å²) in [4.78, 5) is 41.5. The molecule has 2 atom stereocenters. The van der Waals surface area contributed by atoms with Crippen molar-refractivity contribution >= 4 is 17.9 Å². The zero-order chi connectivity index (χ0) is 29.6. The highest BCUT2D eigenvalue weighted by atomic mass is 16.6. The van der Waals surface area contributed by atoms with Gasteiger partial charge in [-0.25, -0.2) is 14.4 Å². The molecule has 220 valence electrons. The van der Waals surface area contributed by atoms with Gasteiger partial charge in [-0.3, -0.25) is 0 Å². The SMILES string of the molecule is CCOC(=O)C1=C2C=C(NC(C)CC)CC3=C2C(=C(C(=O)OCC)C1(OC)C(=O)OCC)C=C(NC(C)CC)C3. The Balaban J connectivity index is 2.48. The molecule has 3 aliphatic rings. The number of rotatable bonds is 13. The molecule has 0 radical (unpaired) electrons. The van der Waals surface area contributed by atoms with Crippen molar-refractivity contribution in [2.75, 3.05) is 26.9 Å². The molecule has 0 heterocycles. The van der Waals surface area contributed by atoms with Crippen molar-refractivity contribution in [1.29, 1.82) is 0 Å². The van der Waals surface area contributed by atoms with Crippen LogP contribution in [-0.2, 0) is 33.3 Å². The largest absolute Gasteiger partial charge is 0.463 e. The normalized spacial score (nSPS) is 21.6. The number of methoxy groups -OCH3 is 1. The second-order valence-corrected chi connectivity index (χ2v) is 10.2. The van der Waals surface area contributed by atoms with Crippen LogP contribution in [0.4, 0.5) is 0 Å². The Kier molecular flexibility index (Phi) is 10.4. The van der Waals surface area contributed by atoms with Crippen LogP contribution in [0.2, 0.25) is 0 Å². The van der Waals surface area contributed by atoms with Gasteiger partial charge >= 0.3 is 17.9 Å². The number of allylic oxidation sites excluding steroid dienone is 7. The van der Waals surface area contributed by atoms with E-state index in [0.717, 1.165) is 35.4 Å². The number of hydrogen-bond acceptors (Lipinski definition) is 9. The van der Waals surface area contributed by atoms with Gasteiger partial charge in [0.1, 0.15) is 0 Å². The Morgan fingerprint density at radius 2 is 1.20 bits per heavy atom. The molecule has 0 saturated heterocycles. The molecule has 0 spiro atoms. The second-order valence-electron chi connectivity index (χ2n) is 10.2. The van der Waals surface area contributed by atoms with Crippen LogP contribution in [-0.4, -0.2) is 62.5 Å². The van der Waals surface area contributed by atoms with Gasteiger partial charge in [-0.05, 0) is 76.3 Å². The monoisotopic (exact) mass is 556 g/mol. The highest BCUT2D eigenvalue weighted by Gasteiger charge is 2.59. The van der Waals surface area contributed by atoms with Crippen molar-refractivity contribution < 1.29 is 33.3 Å². The van der Waals surface area contributed by atoms with Gasteiger partial charge in [0.2, 0.25) is 5.60 Å². The maximum Gasteiger partial charge on any atom is 0.348 e. The Labute approximate surface area is 237 Å². The molecular formula is C31H44N2O7. The Morgan fingerprint density at radius 3 is 1.55 bits per heavy atom. The third-order valence-electron chi connectivity index (χ3n) is 7.50. The summed E-state index contributed by atoms with van der Waals surface area (Å²) >= 11 is 0. The maximum atomic E-state index is 13.9. The third-order valence-corrected chi connectivity index (χ3v) is 7.50. The van der Waals surface area contributed by atoms with Crippen LogP contribution in [0.15, 0.2) is 57.0 Å². The fourth-order valence-corrected chi connectivity index (χ4v) is 5.38. The average molecular weight is 557 g/mol. The first-order chi connectivity index (χ1) is 19.1. The van der Waals surface area contributed by atoms with E-state index in [-0.39, 0.29) is 43.1 Å². The molecule has 0 aromatic carbocycles. The first kappa shape index (κ1) is 31.2. The molecule has 9 heteroatoms. The van der Waals surface area contributed by atoms with Crippen molar-refractivity contribution in [3.8, 4) is 0 Å². The van der Waals surface area contributed by atoms with Crippen molar-refractivity contribution in [2.24, 2.45) is 0 Å². The molecule has 3 aliphatic carbocycles. The lowest BCUT2D eigenvalue weighted by atomic mass is 9.66. The smallest absolute Gasteiger partial charge is 0.348 e. The number of ether oxygens (including phenoxy) is 4. The number of carbonyl (C=O) groups is 3. The molecular weight excluding hydrogens is 512 g/mol. The average Bonchev–Trinajstić information content (AvgIpc) is 2.92. The lowest BCUT2D eigenvalue weighted by Gasteiger charge is -2.42. The maximum absolute atomic E-state index is 13.9. The summed E-state index contributed by atoms with van der Waals surface area (Å²) in [6, 6.07) is 0.366. The second kappa shape index (κ2) is 13.4. The third kappa shape index (κ3) is 5.75. The van der Waals surface area contributed by atoms with Gasteiger partial charge in [0.25, 0.3) is 0 Å². The molecule has 3 rings (SSSR count). The van der Waals surface area contributed by atoms with Gasteiger partial charge in [0, 0.05) is 43.4 Å². The van der Waals surface area contributed by atoms with Crippen molar-refractivity contribution in [1.82, 2.24) is 10.6 Å². The summed E-state index contributed by atoms with van der Waals surface area (Å²) in [5, 5.41) is 7.11. The first-order valence-electron chi connectivity index (χ1n) is 14.4. The number of carbonyl (C=O) groups excluding carboxylic acids is 3. The summed E-state index contributed by atoms with van der Waals surface area (Å²) in [5.41, 5.74) is 2.18. The first-order valence-corrected chi connectivity index (χ1v) is 14.4. The van der Waals surface area contributed by atoms with Crippen molar-refractivity contribution in [3.63, 3.8) is 0 Å². The van der Waals surface area contributed by atoms with E-state index < -0.39 is 23.5 Å². The molecule has 40 heavy (non-hydrogen) atoms. The van der Waals surface area contributed by atoms with E-state index in [9.17, 15) is 14.4 Å². The number of esters is 3. The molecule has 2 unspecified atom stereocenters. The van der Waals surface area contributed by atoms with E-state index in [4.69, 9.17) is 18.9 Å². The van der Waals surface area contributed by atoms with Crippen LogP contribution in [0.1, 0.15) is 74.1 Å². The molecule has 0 saturated carbocycles. The molecule has 9 nitrogen and oxygen atoms in total. The topological polar surface area (TPSA) is 112 Å². The van der Waals surface area contributed by atoms with Gasteiger partial charge in [-0.1, -0.05) is 19.4 Å². The van der Waals surface area contributed by atoms with E-state index in [0.29, 0.717) is 24.0 Å². The minimum Gasteiger partial charge on any atom is -0.463 e. The summed E-state index contributed by atoms with van der Waals surface area (Å²) in [6.45, 7) is 13.5. The highest BCUT2D eigenvalue weighted by Crippen LogP contribution is 2.51. The van der Waals surface area contributed by atoms with Crippen LogP contribution in [0, 0.1) is 0 Å².